The molecule has 1 aliphatic heterocycles. The lowest BCUT2D eigenvalue weighted by Crippen LogP contribution is -2.27. The van der Waals surface area contributed by atoms with Crippen LogP contribution in [0.3, 0.4) is 0 Å². The maximum atomic E-state index is 5.73. The molecular weight excluding hydrogens is 136 g/mol. The number of hydrogen-bond donors (Lipinski definition) is 1. The summed E-state index contributed by atoms with van der Waals surface area (Å²) in [6.07, 6.45) is 8.47. The highest BCUT2D eigenvalue weighted by atomic mass is 15.4. The summed E-state index contributed by atoms with van der Waals surface area (Å²) in [5, 5.41) is 1.88. The second-order valence-electron chi connectivity index (χ2n) is 3.13. The molecule has 2 nitrogen and oxygen atoms in total. The van der Waals surface area contributed by atoms with Crippen LogP contribution in [0.5, 0.6) is 0 Å². The molecule has 1 rings (SSSR count). The maximum absolute atomic E-state index is 5.73. The summed E-state index contributed by atoms with van der Waals surface area (Å²) in [5.41, 5.74) is 1.35. The minimum absolute atomic E-state index is 1.02. The Balaban J connectivity index is 2.15. The van der Waals surface area contributed by atoms with Crippen LogP contribution in [0.15, 0.2) is 11.8 Å². The molecule has 0 unspecified atom stereocenters. The Kier molecular flexibility index (Phi) is 3.43. The predicted molar refractivity (Wildman–Crippen MR) is 47.7 cm³/mol. The van der Waals surface area contributed by atoms with Crippen molar-refractivity contribution in [2.24, 2.45) is 5.84 Å². The van der Waals surface area contributed by atoms with E-state index in [9.17, 15) is 0 Å². The lowest BCUT2D eigenvalue weighted by Gasteiger charge is -2.14. The zero-order chi connectivity index (χ0) is 8.10. The summed E-state index contributed by atoms with van der Waals surface area (Å²) < 4.78 is 0. The molecule has 0 aromatic carbocycles. The molecule has 2 heteroatoms. The quantitative estimate of drug-likeness (QED) is 0.496. The summed E-state index contributed by atoms with van der Waals surface area (Å²) in [6.45, 7) is 3.24. The van der Waals surface area contributed by atoms with Crippen molar-refractivity contribution in [3.63, 3.8) is 0 Å². The Labute approximate surface area is 69.0 Å². The van der Waals surface area contributed by atoms with E-state index >= 15 is 0 Å². The van der Waals surface area contributed by atoms with Crippen LogP contribution >= 0.6 is 0 Å². The molecule has 0 atom stereocenters. The van der Waals surface area contributed by atoms with Crippen LogP contribution in [0.4, 0.5) is 0 Å². The molecule has 0 bridgehead atoms. The first kappa shape index (κ1) is 8.60. The third kappa shape index (κ3) is 2.54. The van der Waals surface area contributed by atoms with Gasteiger partial charge in [0, 0.05) is 12.2 Å². The molecule has 0 fully saturated rings. The minimum atomic E-state index is 1.02. The number of allylic oxidation sites excluding steroid dienone is 1. The summed E-state index contributed by atoms with van der Waals surface area (Å²) in [5.74, 6) is 5.73. The number of hydrogen-bond acceptors (Lipinski definition) is 2. The van der Waals surface area contributed by atoms with Crippen LogP contribution in [0.1, 0.15) is 39.0 Å². The first-order valence-corrected chi connectivity index (χ1v) is 4.56. The first-order valence-electron chi connectivity index (χ1n) is 4.56. The van der Waals surface area contributed by atoms with Crippen LogP contribution in [0.2, 0.25) is 0 Å². The molecule has 0 amide bonds. The molecule has 64 valence electrons. The molecule has 0 saturated heterocycles. The van der Waals surface area contributed by atoms with Crippen molar-refractivity contribution in [3.05, 3.63) is 11.8 Å². The maximum Gasteiger partial charge on any atom is 0.0373 e. The van der Waals surface area contributed by atoms with E-state index in [1.165, 1.54) is 31.4 Å². The Morgan fingerprint density at radius 3 is 2.91 bits per heavy atom. The second kappa shape index (κ2) is 4.39. The molecule has 11 heavy (non-hydrogen) atoms. The molecule has 0 aromatic rings. The van der Waals surface area contributed by atoms with Crippen molar-refractivity contribution in [1.29, 1.82) is 0 Å². The van der Waals surface area contributed by atoms with Crippen molar-refractivity contribution >= 4 is 0 Å². The SMILES string of the molecule is CCCCCC1=CCCN1N. The zero-order valence-electron chi connectivity index (χ0n) is 7.34. The van der Waals surface area contributed by atoms with Crippen LogP contribution in [0, 0.1) is 0 Å². The fraction of sp³-hybridized carbons (Fsp3) is 0.778. The third-order valence-electron chi connectivity index (χ3n) is 2.16. The van der Waals surface area contributed by atoms with Crippen molar-refractivity contribution in [2.45, 2.75) is 39.0 Å². The minimum Gasteiger partial charge on any atom is -0.315 e. The van der Waals surface area contributed by atoms with E-state index < -0.39 is 0 Å². The molecule has 0 saturated carbocycles. The van der Waals surface area contributed by atoms with Gasteiger partial charge in [0.25, 0.3) is 0 Å². The van der Waals surface area contributed by atoms with Crippen LogP contribution in [-0.4, -0.2) is 11.6 Å². The van der Waals surface area contributed by atoms with Gasteiger partial charge in [-0.15, -0.1) is 0 Å². The predicted octanol–water partition coefficient (Wildman–Crippen LogP) is 2.03. The van der Waals surface area contributed by atoms with Crippen LogP contribution in [-0.2, 0) is 0 Å². The van der Waals surface area contributed by atoms with Gasteiger partial charge in [-0.05, 0) is 19.3 Å². The van der Waals surface area contributed by atoms with Gasteiger partial charge in [0.1, 0.15) is 0 Å². The Hall–Kier alpha value is -0.500. The highest BCUT2D eigenvalue weighted by Gasteiger charge is 2.09. The molecule has 1 heterocycles. The van der Waals surface area contributed by atoms with Crippen molar-refractivity contribution < 1.29 is 0 Å². The van der Waals surface area contributed by atoms with E-state index in [-0.39, 0.29) is 0 Å². The normalized spacial score (nSPS) is 17.3. The molecule has 0 aromatic heterocycles. The van der Waals surface area contributed by atoms with E-state index in [2.05, 4.69) is 13.0 Å². The summed E-state index contributed by atoms with van der Waals surface area (Å²) >= 11 is 0. The van der Waals surface area contributed by atoms with E-state index in [1.807, 2.05) is 5.01 Å². The lowest BCUT2D eigenvalue weighted by atomic mass is 10.1. The third-order valence-corrected chi connectivity index (χ3v) is 2.16. The number of nitrogens with two attached hydrogens (primary N) is 1. The van der Waals surface area contributed by atoms with Gasteiger partial charge >= 0.3 is 0 Å². The summed E-state index contributed by atoms with van der Waals surface area (Å²) in [6, 6.07) is 0. The standard InChI is InChI=1S/C9H18N2/c1-2-3-4-6-9-7-5-8-11(9)10/h7H,2-6,8,10H2,1H3. The molecule has 0 radical (unpaired) electrons. The average Bonchev–Trinajstić information content (AvgIpc) is 2.37. The Bertz CT molecular complexity index is 140. The molecule has 2 N–H and O–H groups in total. The highest BCUT2D eigenvalue weighted by Crippen LogP contribution is 2.16. The largest absolute Gasteiger partial charge is 0.315 e. The number of nitrogens with zero attached hydrogens (tertiary/aromatic N) is 1. The first-order chi connectivity index (χ1) is 5.34. The summed E-state index contributed by atoms with van der Waals surface area (Å²) in [4.78, 5) is 0. The second-order valence-corrected chi connectivity index (χ2v) is 3.13. The van der Waals surface area contributed by atoms with Gasteiger partial charge in [-0.2, -0.15) is 0 Å². The van der Waals surface area contributed by atoms with Gasteiger partial charge in [-0.3, -0.25) is 0 Å². The number of rotatable bonds is 4. The van der Waals surface area contributed by atoms with E-state index in [0.717, 1.165) is 13.0 Å². The van der Waals surface area contributed by atoms with Gasteiger partial charge in [-0.25, -0.2) is 5.84 Å². The van der Waals surface area contributed by atoms with Gasteiger partial charge in [0.05, 0.1) is 0 Å². The van der Waals surface area contributed by atoms with E-state index in [4.69, 9.17) is 5.84 Å². The monoisotopic (exact) mass is 154 g/mol. The molecule has 0 aliphatic carbocycles. The zero-order valence-corrected chi connectivity index (χ0v) is 7.34. The van der Waals surface area contributed by atoms with Crippen molar-refractivity contribution in [1.82, 2.24) is 5.01 Å². The molecule has 0 spiro atoms. The fourth-order valence-corrected chi connectivity index (χ4v) is 1.43. The van der Waals surface area contributed by atoms with Crippen LogP contribution in [0.25, 0.3) is 0 Å². The Morgan fingerprint density at radius 2 is 2.36 bits per heavy atom. The van der Waals surface area contributed by atoms with E-state index in [0.29, 0.717) is 0 Å². The smallest absolute Gasteiger partial charge is 0.0373 e. The van der Waals surface area contributed by atoms with Crippen molar-refractivity contribution in [3.8, 4) is 0 Å². The average molecular weight is 154 g/mol. The Morgan fingerprint density at radius 1 is 1.55 bits per heavy atom. The lowest BCUT2D eigenvalue weighted by molar-refractivity contribution is 0.376. The summed E-state index contributed by atoms with van der Waals surface area (Å²) in [7, 11) is 0. The highest BCUT2D eigenvalue weighted by molar-refractivity contribution is 5.05. The van der Waals surface area contributed by atoms with Crippen molar-refractivity contribution in [2.75, 3.05) is 6.54 Å². The van der Waals surface area contributed by atoms with Gasteiger partial charge in [-0.1, -0.05) is 25.8 Å². The van der Waals surface area contributed by atoms with Gasteiger partial charge < -0.3 is 5.01 Å². The molecular formula is C9H18N2. The fourth-order valence-electron chi connectivity index (χ4n) is 1.43. The van der Waals surface area contributed by atoms with Crippen LogP contribution < -0.4 is 5.84 Å². The number of unbranched alkanes of at least 4 members (excludes halogenated alkanes) is 2. The molecule has 1 aliphatic rings. The van der Waals surface area contributed by atoms with E-state index in [1.54, 1.807) is 0 Å². The number of hydrazine groups is 1. The van der Waals surface area contributed by atoms with Gasteiger partial charge in [0.2, 0.25) is 0 Å². The topological polar surface area (TPSA) is 29.3 Å². The van der Waals surface area contributed by atoms with Gasteiger partial charge in [0.15, 0.2) is 0 Å².